The molecule has 0 saturated carbocycles. The fraction of sp³-hybridized carbons (Fsp3) is 0.207. The number of Topliss-reactive ketones (excluding diaryl/α,β-unsaturated/α-hetero) is 1. The molecule has 0 spiro atoms. The van der Waals surface area contributed by atoms with E-state index in [9.17, 15) is 24.6 Å². The summed E-state index contributed by atoms with van der Waals surface area (Å²) in [7, 11) is 2.82. The van der Waals surface area contributed by atoms with Crippen LogP contribution in [0.2, 0.25) is 0 Å². The summed E-state index contributed by atoms with van der Waals surface area (Å²) in [5.74, 6) is -2.29. The van der Waals surface area contributed by atoms with Crippen LogP contribution >= 0.6 is 0 Å². The molecule has 1 fully saturated rings. The first-order valence-electron chi connectivity index (χ1n) is 11.9. The molecular weight excluding hydrogens is 490 g/mol. The first kappa shape index (κ1) is 26.3. The number of esters is 1. The zero-order chi connectivity index (χ0) is 27.4. The van der Waals surface area contributed by atoms with E-state index in [0.29, 0.717) is 23.2 Å². The molecule has 0 aromatic heterocycles. The van der Waals surface area contributed by atoms with Crippen molar-refractivity contribution in [2.24, 2.45) is 0 Å². The second-order valence-electron chi connectivity index (χ2n) is 8.48. The lowest BCUT2D eigenvalue weighted by molar-refractivity contribution is -0.132. The maximum absolute atomic E-state index is 13.4. The number of phenolic OH excluding ortho intramolecular Hbond substituents is 1. The van der Waals surface area contributed by atoms with E-state index in [-0.39, 0.29) is 35.0 Å². The summed E-state index contributed by atoms with van der Waals surface area (Å²) in [4.78, 5) is 40.3. The number of nitrogens with zero attached hydrogens (tertiary/aromatic N) is 1. The Morgan fingerprint density at radius 1 is 0.921 bits per heavy atom. The monoisotopic (exact) mass is 517 g/mol. The van der Waals surface area contributed by atoms with Gasteiger partial charge in [-0.3, -0.25) is 14.5 Å². The number of amides is 1. The average Bonchev–Trinajstić information content (AvgIpc) is 3.21. The van der Waals surface area contributed by atoms with Gasteiger partial charge in [0.25, 0.3) is 11.7 Å². The van der Waals surface area contributed by atoms with Crippen LogP contribution in [0, 0.1) is 0 Å². The molecule has 196 valence electrons. The molecular formula is C29H27NO8. The zero-order valence-corrected chi connectivity index (χ0v) is 21.1. The SMILES string of the molecule is CCCOC(=O)c1ccc(N2C(=O)C(=O)/C(=C(/O)c3c(OC)cccc3OC)C2c2ccc(O)cc2)cc1. The molecule has 1 atom stereocenters. The lowest BCUT2D eigenvalue weighted by atomic mass is 9.94. The van der Waals surface area contributed by atoms with Gasteiger partial charge in [0.05, 0.1) is 38.0 Å². The van der Waals surface area contributed by atoms with Crippen LogP contribution in [0.1, 0.15) is 40.9 Å². The third-order valence-corrected chi connectivity index (χ3v) is 6.14. The van der Waals surface area contributed by atoms with E-state index < -0.39 is 29.5 Å². The smallest absolute Gasteiger partial charge is 0.338 e. The molecule has 1 aliphatic rings. The molecule has 1 aliphatic heterocycles. The molecule has 9 heteroatoms. The van der Waals surface area contributed by atoms with E-state index in [2.05, 4.69) is 0 Å². The third-order valence-electron chi connectivity index (χ3n) is 6.14. The van der Waals surface area contributed by atoms with Gasteiger partial charge in [0.1, 0.15) is 28.6 Å². The Bertz CT molecular complexity index is 1370. The Balaban J connectivity index is 1.89. The lowest BCUT2D eigenvalue weighted by Crippen LogP contribution is -2.29. The molecule has 4 rings (SSSR count). The van der Waals surface area contributed by atoms with Crippen molar-refractivity contribution in [2.45, 2.75) is 19.4 Å². The van der Waals surface area contributed by atoms with Crippen molar-refractivity contribution < 1.29 is 38.8 Å². The minimum atomic E-state index is -1.05. The van der Waals surface area contributed by atoms with Gasteiger partial charge in [-0.25, -0.2) is 4.79 Å². The third kappa shape index (κ3) is 4.78. The standard InChI is InChI=1S/C29H27NO8/c1-4-16-38-29(35)18-8-12-19(13-9-18)30-25(17-10-14-20(31)15-11-17)24(27(33)28(30)34)26(32)23-21(36-2)6-5-7-22(23)37-3/h5-15,25,31-32H,4,16H2,1-3H3/b26-24+. The Kier molecular flexibility index (Phi) is 7.66. The van der Waals surface area contributed by atoms with Gasteiger partial charge < -0.3 is 24.4 Å². The Morgan fingerprint density at radius 3 is 2.08 bits per heavy atom. The summed E-state index contributed by atoms with van der Waals surface area (Å²) >= 11 is 0. The molecule has 0 bridgehead atoms. The molecule has 0 radical (unpaired) electrons. The van der Waals surface area contributed by atoms with Gasteiger partial charge in [0.15, 0.2) is 0 Å². The first-order valence-corrected chi connectivity index (χ1v) is 11.9. The molecule has 1 amide bonds. The van der Waals surface area contributed by atoms with E-state index in [4.69, 9.17) is 14.2 Å². The van der Waals surface area contributed by atoms with E-state index in [1.807, 2.05) is 6.92 Å². The van der Waals surface area contributed by atoms with Crippen LogP contribution in [0.5, 0.6) is 17.2 Å². The summed E-state index contributed by atoms with van der Waals surface area (Å²) in [6.07, 6.45) is 0.679. The predicted octanol–water partition coefficient (Wildman–Crippen LogP) is 4.60. The number of carbonyl (C=O) groups is 3. The van der Waals surface area contributed by atoms with Crippen LogP contribution in [-0.4, -0.2) is 48.7 Å². The number of benzene rings is 3. The van der Waals surface area contributed by atoms with Crippen LogP contribution < -0.4 is 14.4 Å². The highest BCUT2D eigenvalue weighted by Gasteiger charge is 2.47. The summed E-state index contributed by atoms with van der Waals surface area (Å²) in [5, 5.41) is 21.3. The second kappa shape index (κ2) is 11.1. The number of ketones is 1. The number of hydrogen-bond acceptors (Lipinski definition) is 8. The molecule has 1 saturated heterocycles. The molecule has 3 aromatic carbocycles. The highest BCUT2D eigenvalue weighted by Crippen LogP contribution is 2.45. The quantitative estimate of drug-likeness (QED) is 0.192. The molecule has 3 aromatic rings. The van der Waals surface area contributed by atoms with E-state index in [1.165, 1.54) is 55.5 Å². The lowest BCUT2D eigenvalue weighted by Gasteiger charge is -2.26. The largest absolute Gasteiger partial charge is 0.508 e. The van der Waals surface area contributed by atoms with Gasteiger partial charge >= 0.3 is 5.97 Å². The number of ether oxygens (including phenoxy) is 3. The van der Waals surface area contributed by atoms with Gasteiger partial charge in [-0.15, -0.1) is 0 Å². The van der Waals surface area contributed by atoms with Gasteiger partial charge in [-0.05, 0) is 60.5 Å². The second-order valence-corrected chi connectivity index (χ2v) is 8.48. The summed E-state index contributed by atoms with van der Waals surface area (Å²) in [6, 6.07) is 15.8. The number of aromatic hydroxyl groups is 1. The van der Waals surface area contributed by atoms with Crippen molar-refractivity contribution in [3.63, 3.8) is 0 Å². The van der Waals surface area contributed by atoms with Crippen LogP contribution in [0.25, 0.3) is 5.76 Å². The van der Waals surface area contributed by atoms with Gasteiger partial charge in [-0.2, -0.15) is 0 Å². The molecule has 0 aliphatic carbocycles. The predicted molar refractivity (Wildman–Crippen MR) is 139 cm³/mol. The summed E-state index contributed by atoms with van der Waals surface area (Å²) < 4.78 is 16.0. The Labute approximate surface area is 219 Å². The van der Waals surface area contributed by atoms with Crippen molar-refractivity contribution in [1.82, 2.24) is 0 Å². The van der Waals surface area contributed by atoms with Crippen LogP contribution in [0.4, 0.5) is 5.69 Å². The van der Waals surface area contributed by atoms with E-state index >= 15 is 0 Å². The Morgan fingerprint density at radius 2 is 1.53 bits per heavy atom. The van der Waals surface area contributed by atoms with Crippen molar-refractivity contribution in [3.05, 3.63) is 89.0 Å². The molecule has 1 heterocycles. The molecule has 1 unspecified atom stereocenters. The van der Waals surface area contributed by atoms with Crippen molar-refractivity contribution >= 4 is 29.1 Å². The maximum Gasteiger partial charge on any atom is 0.338 e. The number of anilines is 1. The molecule has 2 N–H and O–H groups in total. The number of aliphatic hydroxyl groups excluding tert-OH is 1. The normalized spacial score (nSPS) is 16.4. The van der Waals surface area contributed by atoms with Crippen LogP contribution in [-0.2, 0) is 14.3 Å². The van der Waals surface area contributed by atoms with Crippen molar-refractivity contribution in [2.75, 3.05) is 25.7 Å². The van der Waals surface area contributed by atoms with Gasteiger partial charge in [-0.1, -0.05) is 25.1 Å². The van der Waals surface area contributed by atoms with Gasteiger partial charge in [0.2, 0.25) is 0 Å². The number of rotatable bonds is 8. The number of carbonyl (C=O) groups excluding carboxylic acids is 3. The fourth-order valence-electron chi connectivity index (χ4n) is 4.33. The number of aliphatic hydroxyl groups is 1. The number of hydrogen-bond donors (Lipinski definition) is 2. The van der Waals surface area contributed by atoms with Crippen molar-refractivity contribution in [3.8, 4) is 17.2 Å². The molecule has 9 nitrogen and oxygen atoms in total. The zero-order valence-electron chi connectivity index (χ0n) is 21.1. The molecule has 38 heavy (non-hydrogen) atoms. The maximum atomic E-state index is 13.4. The highest BCUT2D eigenvalue weighted by molar-refractivity contribution is 6.51. The minimum Gasteiger partial charge on any atom is -0.508 e. The summed E-state index contributed by atoms with van der Waals surface area (Å²) in [6.45, 7) is 2.17. The van der Waals surface area contributed by atoms with E-state index in [1.54, 1.807) is 30.3 Å². The summed E-state index contributed by atoms with van der Waals surface area (Å²) in [5.41, 5.74) is 1.01. The van der Waals surface area contributed by atoms with Crippen molar-refractivity contribution in [1.29, 1.82) is 0 Å². The Hall–Kier alpha value is -4.79. The fourth-order valence-corrected chi connectivity index (χ4v) is 4.33. The number of phenols is 1. The van der Waals surface area contributed by atoms with Gasteiger partial charge in [0, 0.05) is 5.69 Å². The van der Waals surface area contributed by atoms with Crippen LogP contribution in [0.3, 0.4) is 0 Å². The highest BCUT2D eigenvalue weighted by atomic mass is 16.5. The number of methoxy groups -OCH3 is 2. The van der Waals surface area contributed by atoms with E-state index in [0.717, 1.165) is 0 Å². The average molecular weight is 518 g/mol. The van der Waals surface area contributed by atoms with Crippen LogP contribution in [0.15, 0.2) is 72.3 Å². The first-order chi connectivity index (χ1) is 18.3. The minimum absolute atomic E-state index is 0.00737. The topological polar surface area (TPSA) is 123 Å².